The van der Waals surface area contributed by atoms with Gasteiger partial charge in [-0.1, -0.05) is 42.5 Å². The van der Waals surface area contributed by atoms with Gasteiger partial charge in [-0.25, -0.2) is 17.2 Å². The molecule has 0 amide bonds. The van der Waals surface area contributed by atoms with Crippen molar-refractivity contribution in [3.63, 3.8) is 0 Å². The number of sulfonamides is 1. The second kappa shape index (κ2) is 8.93. The van der Waals surface area contributed by atoms with E-state index in [1.165, 1.54) is 18.2 Å². The summed E-state index contributed by atoms with van der Waals surface area (Å²) in [6, 6.07) is 18.0. The molecule has 0 heterocycles. The molecule has 0 saturated heterocycles. The largest absolute Gasteiger partial charge is 0.304 e. The van der Waals surface area contributed by atoms with Crippen molar-refractivity contribution in [3.8, 4) is 11.1 Å². The monoisotopic (exact) mass is 430 g/mol. The van der Waals surface area contributed by atoms with Crippen molar-refractivity contribution < 1.29 is 17.2 Å². The third kappa shape index (κ3) is 5.43. The number of nitrogens with one attached hydrogen (secondary N) is 2. The first-order valence-electron chi connectivity index (χ1n) is 9.52. The van der Waals surface area contributed by atoms with E-state index in [1.54, 1.807) is 30.3 Å². The van der Waals surface area contributed by atoms with Crippen LogP contribution in [0.25, 0.3) is 11.1 Å². The van der Waals surface area contributed by atoms with Gasteiger partial charge >= 0.3 is 0 Å². The molecular weight excluding hydrogens is 406 g/mol. The van der Waals surface area contributed by atoms with Gasteiger partial charge < -0.3 is 5.32 Å². The first-order chi connectivity index (χ1) is 14.1. The molecule has 0 spiro atoms. The first-order valence-corrected chi connectivity index (χ1v) is 11.4. The second-order valence-corrected chi connectivity index (χ2v) is 9.08. The van der Waals surface area contributed by atoms with Gasteiger partial charge in [-0.15, -0.1) is 0 Å². The molecule has 0 bridgehead atoms. The van der Waals surface area contributed by atoms with Crippen molar-refractivity contribution >= 4 is 15.7 Å². The molecule has 2 atom stereocenters. The van der Waals surface area contributed by atoms with Gasteiger partial charge in [-0.2, -0.15) is 0 Å². The van der Waals surface area contributed by atoms with Crippen molar-refractivity contribution in [2.45, 2.75) is 25.9 Å². The second-order valence-electron chi connectivity index (χ2n) is 7.33. The molecule has 0 fully saturated rings. The standard InChI is InChI=1S/C23H24F2N2O2S/c1-15(26-16(2)19-6-4-7-20(14-19)27-30(3,28)29)17-10-12-18(13-11-17)23-21(24)8-5-9-22(23)25/h4-16,26-27H,1-3H3. The number of hydrogen-bond donors (Lipinski definition) is 2. The fraction of sp³-hybridized carbons (Fsp3) is 0.217. The average Bonchev–Trinajstić information content (AvgIpc) is 2.67. The molecule has 0 aliphatic carbocycles. The first kappa shape index (κ1) is 21.9. The molecule has 2 N–H and O–H groups in total. The van der Waals surface area contributed by atoms with Gasteiger partial charge in [0.2, 0.25) is 10.0 Å². The Morgan fingerprint density at radius 3 is 1.97 bits per heavy atom. The van der Waals surface area contributed by atoms with Crippen LogP contribution in [-0.4, -0.2) is 14.7 Å². The van der Waals surface area contributed by atoms with E-state index in [1.807, 2.05) is 32.0 Å². The summed E-state index contributed by atoms with van der Waals surface area (Å²) >= 11 is 0. The van der Waals surface area contributed by atoms with E-state index in [-0.39, 0.29) is 17.6 Å². The highest BCUT2D eigenvalue weighted by molar-refractivity contribution is 7.92. The smallest absolute Gasteiger partial charge is 0.229 e. The minimum Gasteiger partial charge on any atom is -0.304 e. The number of anilines is 1. The molecule has 0 saturated carbocycles. The summed E-state index contributed by atoms with van der Waals surface area (Å²) in [6.07, 6.45) is 1.11. The zero-order valence-electron chi connectivity index (χ0n) is 17.0. The van der Waals surface area contributed by atoms with Crippen molar-refractivity contribution in [1.82, 2.24) is 5.32 Å². The molecule has 0 radical (unpaired) electrons. The predicted molar refractivity (Wildman–Crippen MR) is 117 cm³/mol. The van der Waals surface area contributed by atoms with E-state index in [0.717, 1.165) is 17.4 Å². The van der Waals surface area contributed by atoms with Crippen molar-refractivity contribution in [2.24, 2.45) is 0 Å². The lowest BCUT2D eigenvalue weighted by Crippen LogP contribution is -2.22. The molecule has 3 aromatic carbocycles. The van der Waals surface area contributed by atoms with Crippen LogP contribution >= 0.6 is 0 Å². The summed E-state index contributed by atoms with van der Waals surface area (Å²) in [4.78, 5) is 0. The van der Waals surface area contributed by atoms with E-state index in [4.69, 9.17) is 0 Å². The van der Waals surface area contributed by atoms with E-state index >= 15 is 0 Å². The Kier molecular flexibility index (Phi) is 6.53. The Hall–Kier alpha value is -2.77. The SMILES string of the molecule is CC(NC(C)c1cccc(NS(C)(=O)=O)c1)c1ccc(-c2c(F)cccc2F)cc1. The lowest BCUT2D eigenvalue weighted by molar-refractivity contribution is 0.495. The van der Waals surface area contributed by atoms with Gasteiger partial charge in [0.15, 0.2) is 0 Å². The topological polar surface area (TPSA) is 58.2 Å². The molecule has 3 rings (SSSR count). The Bertz CT molecular complexity index is 1110. The molecule has 158 valence electrons. The van der Waals surface area contributed by atoms with Crippen molar-refractivity contribution in [3.05, 3.63) is 89.5 Å². The van der Waals surface area contributed by atoms with Crippen LogP contribution in [0.15, 0.2) is 66.7 Å². The van der Waals surface area contributed by atoms with Crippen LogP contribution in [0.1, 0.15) is 37.1 Å². The summed E-state index contributed by atoms with van der Waals surface area (Å²) in [5.74, 6) is -1.18. The van der Waals surface area contributed by atoms with Crippen LogP contribution < -0.4 is 10.0 Å². The Balaban J connectivity index is 1.73. The predicted octanol–water partition coefficient (Wildman–Crippen LogP) is 5.42. The zero-order chi connectivity index (χ0) is 21.9. The van der Waals surface area contributed by atoms with Gasteiger partial charge in [-0.3, -0.25) is 4.72 Å². The van der Waals surface area contributed by atoms with Gasteiger partial charge in [0.1, 0.15) is 11.6 Å². The maximum Gasteiger partial charge on any atom is 0.229 e. The third-order valence-electron chi connectivity index (χ3n) is 4.85. The van der Waals surface area contributed by atoms with Crippen LogP contribution in [0, 0.1) is 11.6 Å². The highest BCUT2D eigenvalue weighted by Gasteiger charge is 2.14. The van der Waals surface area contributed by atoms with Gasteiger partial charge in [-0.05, 0) is 54.8 Å². The summed E-state index contributed by atoms with van der Waals surface area (Å²) < 4.78 is 53.4. The molecule has 0 aliphatic heterocycles. The number of hydrogen-bond acceptors (Lipinski definition) is 3. The number of benzene rings is 3. The molecule has 3 aromatic rings. The number of halogens is 2. The highest BCUT2D eigenvalue weighted by atomic mass is 32.2. The molecule has 7 heteroatoms. The zero-order valence-corrected chi connectivity index (χ0v) is 17.8. The lowest BCUT2D eigenvalue weighted by atomic mass is 9.99. The highest BCUT2D eigenvalue weighted by Crippen LogP contribution is 2.28. The normalized spacial score (nSPS) is 13.6. The summed E-state index contributed by atoms with van der Waals surface area (Å²) in [5.41, 5.74) is 2.85. The van der Waals surface area contributed by atoms with Crippen LogP contribution in [-0.2, 0) is 10.0 Å². The van der Waals surface area contributed by atoms with E-state index in [0.29, 0.717) is 11.3 Å². The van der Waals surface area contributed by atoms with E-state index in [2.05, 4.69) is 10.0 Å². The Morgan fingerprint density at radius 2 is 1.37 bits per heavy atom. The Labute approximate surface area is 176 Å². The number of rotatable bonds is 7. The molecular formula is C23H24F2N2O2S. The maximum atomic E-state index is 14.0. The molecule has 0 aromatic heterocycles. The summed E-state index contributed by atoms with van der Waals surface area (Å²) in [5, 5.41) is 3.46. The minimum absolute atomic E-state index is 0.0341. The third-order valence-corrected chi connectivity index (χ3v) is 5.46. The molecule has 4 nitrogen and oxygen atoms in total. The van der Waals surface area contributed by atoms with Gasteiger partial charge in [0, 0.05) is 17.8 Å². The van der Waals surface area contributed by atoms with Crippen molar-refractivity contribution in [2.75, 3.05) is 11.0 Å². The Morgan fingerprint density at radius 1 is 0.800 bits per heavy atom. The van der Waals surface area contributed by atoms with Crippen LogP contribution in [0.2, 0.25) is 0 Å². The fourth-order valence-corrected chi connectivity index (χ4v) is 3.92. The fourth-order valence-electron chi connectivity index (χ4n) is 3.37. The van der Waals surface area contributed by atoms with Crippen LogP contribution in [0.3, 0.4) is 0 Å². The van der Waals surface area contributed by atoms with E-state index in [9.17, 15) is 17.2 Å². The maximum absolute atomic E-state index is 14.0. The van der Waals surface area contributed by atoms with E-state index < -0.39 is 21.7 Å². The quantitative estimate of drug-likeness (QED) is 0.527. The van der Waals surface area contributed by atoms with Crippen LogP contribution in [0.4, 0.5) is 14.5 Å². The summed E-state index contributed by atoms with van der Waals surface area (Å²) in [7, 11) is -3.34. The minimum atomic E-state index is -3.34. The average molecular weight is 431 g/mol. The molecule has 0 aliphatic rings. The van der Waals surface area contributed by atoms with Crippen LogP contribution in [0.5, 0.6) is 0 Å². The lowest BCUT2D eigenvalue weighted by Gasteiger charge is -2.21. The summed E-state index contributed by atoms with van der Waals surface area (Å²) in [6.45, 7) is 3.98. The van der Waals surface area contributed by atoms with Crippen molar-refractivity contribution in [1.29, 1.82) is 0 Å². The van der Waals surface area contributed by atoms with Gasteiger partial charge in [0.05, 0.1) is 11.8 Å². The molecule has 30 heavy (non-hydrogen) atoms. The van der Waals surface area contributed by atoms with Gasteiger partial charge in [0.25, 0.3) is 0 Å². The molecule has 2 unspecified atom stereocenters.